The molecule has 0 radical (unpaired) electrons. The third-order valence-corrected chi connectivity index (χ3v) is 5.72. The number of alkyl halides is 6. The standard InChI is InChI=1S/C17H25F6NO2/c1-12-4-2-3-6-15(7-5-12)8-10-24(11-9-15)14(25)26-13(16(18,19)20)17(21,22)23/h12-13H,2-11H2,1H3. The van der Waals surface area contributed by atoms with Crippen molar-refractivity contribution in [2.75, 3.05) is 13.1 Å². The quantitative estimate of drug-likeness (QED) is 0.539. The van der Waals surface area contributed by atoms with Gasteiger partial charge < -0.3 is 9.64 Å². The van der Waals surface area contributed by atoms with Crippen LogP contribution in [0.15, 0.2) is 0 Å². The number of carbonyl (C=O) groups excluding carboxylic acids is 1. The van der Waals surface area contributed by atoms with E-state index in [9.17, 15) is 31.1 Å². The van der Waals surface area contributed by atoms with E-state index in [1.165, 1.54) is 6.42 Å². The summed E-state index contributed by atoms with van der Waals surface area (Å²) >= 11 is 0. The van der Waals surface area contributed by atoms with E-state index < -0.39 is 24.5 Å². The number of ether oxygens (including phenoxy) is 1. The highest BCUT2D eigenvalue weighted by Crippen LogP contribution is 2.44. The Morgan fingerprint density at radius 3 is 2.08 bits per heavy atom. The summed E-state index contributed by atoms with van der Waals surface area (Å²) in [5.74, 6) is 0.620. The summed E-state index contributed by atoms with van der Waals surface area (Å²) in [5.41, 5.74) is 0.0406. The van der Waals surface area contributed by atoms with Crippen LogP contribution in [0, 0.1) is 11.3 Å². The molecule has 2 aliphatic rings. The Morgan fingerprint density at radius 1 is 0.962 bits per heavy atom. The number of rotatable bonds is 1. The second kappa shape index (κ2) is 7.84. The molecule has 0 aromatic heterocycles. The zero-order valence-electron chi connectivity index (χ0n) is 14.8. The predicted octanol–water partition coefficient (Wildman–Crippen LogP) is 5.69. The maximum atomic E-state index is 12.5. The average molecular weight is 389 g/mol. The van der Waals surface area contributed by atoms with Crippen LogP contribution in [0.5, 0.6) is 0 Å². The highest BCUT2D eigenvalue weighted by molar-refractivity contribution is 5.68. The van der Waals surface area contributed by atoms with Gasteiger partial charge in [-0.1, -0.05) is 32.6 Å². The molecule has 1 heterocycles. The topological polar surface area (TPSA) is 29.5 Å². The van der Waals surface area contributed by atoms with Crippen molar-refractivity contribution in [2.45, 2.75) is 76.7 Å². The molecular weight excluding hydrogens is 364 g/mol. The van der Waals surface area contributed by atoms with E-state index in [0.29, 0.717) is 18.8 Å². The molecule has 1 aliphatic carbocycles. The maximum absolute atomic E-state index is 12.5. The van der Waals surface area contributed by atoms with Gasteiger partial charge in [-0.2, -0.15) is 26.3 Å². The second-order valence-corrected chi connectivity index (χ2v) is 7.72. The monoisotopic (exact) mass is 389 g/mol. The van der Waals surface area contributed by atoms with E-state index in [-0.39, 0.29) is 18.5 Å². The van der Waals surface area contributed by atoms with Crippen LogP contribution in [-0.4, -0.2) is 42.5 Å². The molecule has 1 atom stereocenters. The third kappa shape index (κ3) is 5.42. The number of piperidine rings is 1. The van der Waals surface area contributed by atoms with Gasteiger partial charge in [-0.15, -0.1) is 0 Å². The molecule has 9 heteroatoms. The number of likely N-dealkylation sites (tertiary alicyclic amines) is 1. The molecule has 1 amide bonds. The van der Waals surface area contributed by atoms with Crippen molar-refractivity contribution in [3.8, 4) is 0 Å². The molecule has 2 fully saturated rings. The van der Waals surface area contributed by atoms with Crippen LogP contribution in [0.2, 0.25) is 0 Å². The van der Waals surface area contributed by atoms with Crippen molar-refractivity contribution >= 4 is 6.09 Å². The molecule has 1 saturated heterocycles. The normalized spacial score (nSPS) is 25.1. The lowest BCUT2D eigenvalue weighted by molar-refractivity contribution is -0.308. The van der Waals surface area contributed by atoms with E-state index in [1.807, 2.05) is 0 Å². The summed E-state index contributed by atoms with van der Waals surface area (Å²) in [6.45, 7) is 2.46. The molecule has 0 aromatic carbocycles. The molecular formula is C17H25F6NO2. The first-order chi connectivity index (χ1) is 11.9. The van der Waals surface area contributed by atoms with Crippen LogP contribution in [0.4, 0.5) is 31.1 Å². The first-order valence-electron chi connectivity index (χ1n) is 9.02. The molecule has 0 bridgehead atoms. The summed E-state index contributed by atoms with van der Waals surface area (Å²) < 4.78 is 79.0. The zero-order chi connectivity index (χ0) is 19.6. The Balaban J connectivity index is 1.95. The molecule has 0 aromatic rings. The van der Waals surface area contributed by atoms with Gasteiger partial charge >= 0.3 is 18.4 Å². The lowest BCUT2D eigenvalue weighted by atomic mass is 9.68. The Kier molecular flexibility index (Phi) is 6.38. The molecule has 0 N–H and O–H groups in total. The van der Waals surface area contributed by atoms with Crippen molar-refractivity contribution in [2.24, 2.45) is 11.3 Å². The van der Waals surface area contributed by atoms with Crippen molar-refractivity contribution < 1.29 is 35.9 Å². The summed E-state index contributed by atoms with van der Waals surface area (Å²) in [5, 5.41) is 0. The van der Waals surface area contributed by atoms with E-state index in [4.69, 9.17) is 0 Å². The summed E-state index contributed by atoms with van der Waals surface area (Å²) in [6, 6.07) is 0. The van der Waals surface area contributed by atoms with Gasteiger partial charge in [0.05, 0.1) is 0 Å². The number of hydrogen-bond donors (Lipinski definition) is 0. The van der Waals surface area contributed by atoms with Gasteiger partial charge in [0, 0.05) is 13.1 Å². The minimum absolute atomic E-state index is 0.0406. The van der Waals surface area contributed by atoms with Crippen molar-refractivity contribution in [1.29, 1.82) is 0 Å². The molecule has 1 unspecified atom stereocenters. The molecule has 3 nitrogen and oxygen atoms in total. The molecule has 1 aliphatic heterocycles. The molecule has 1 spiro atoms. The van der Waals surface area contributed by atoms with E-state index in [0.717, 1.165) is 37.0 Å². The third-order valence-electron chi connectivity index (χ3n) is 5.72. The van der Waals surface area contributed by atoms with Crippen LogP contribution >= 0.6 is 0 Å². The Bertz CT molecular complexity index is 469. The SMILES string of the molecule is CC1CCCCC2(CC1)CCN(C(=O)OC(C(F)(F)F)C(F)(F)F)CC2. The van der Waals surface area contributed by atoms with Gasteiger partial charge in [-0.05, 0) is 37.0 Å². The highest BCUT2D eigenvalue weighted by atomic mass is 19.4. The van der Waals surface area contributed by atoms with Crippen LogP contribution in [0.25, 0.3) is 0 Å². The van der Waals surface area contributed by atoms with Crippen molar-refractivity contribution in [3.05, 3.63) is 0 Å². The molecule has 2 rings (SSSR count). The fourth-order valence-electron chi connectivity index (χ4n) is 3.97. The molecule has 26 heavy (non-hydrogen) atoms. The lowest BCUT2D eigenvalue weighted by Crippen LogP contribution is -2.50. The fourth-order valence-corrected chi connectivity index (χ4v) is 3.97. The van der Waals surface area contributed by atoms with Crippen LogP contribution in [0.3, 0.4) is 0 Å². The van der Waals surface area contributed by atoms with Crippen LogP contribution in [-0.2, 0) is 4.74 Å². The summed E-state index contributed by atoms with van der Waals surface area (Å²) in [4.78, 5) is 12.8. The Hall–Kier alpha value is -1.15. The Morgan fingerprint density at radius 2 is 1.54 bits per heavy atom. The van der Waals surface area contributed by atoms with Gasteiger partial charge in [-0.25, -0.2) is 4.79 Å². The minimum atomic E-state index is -5.68. The van der Waals surface area contributed by atoms with Gasteiger partial charge in [0.1, 0.15) is 0 Å². The van der Waals surface area contributed by atoms with E-state index in [1.54, 1.807) is 0 Å². The minimum Gasteiger partial charge on any atom is -0.426 e. The second-order valence-electron chi connectivity index (χ2n) is 7.72. The highest BCUT2D eigenvalue weighted by Gasteiger charge is 2.60. The number of hydrogen-bond acceptors (Lipinski definition) is 2. The summed E-state index contributed by atoms with van der Waals surface area (Å²) in [6.07, 6.45) is -9.36. The first kappa shape index (κ1) is 21.2. The first-order valence-corrected chi connectivity index (χ1v) is 9.02. The number of halogens is 6. The lowest BCUT2D eigenvalue weighted by Gasteiger charge is -2.43. The van der Waals surface area contributed by atoms with Crippen LogP contribution < -0.4 is 0 Å². The number of carbonyl (C=O) groups is 1. The van der Waals surface area contributed by atoms with Crippen LogP contribution in [0.1, 0.15) is 58.3 Å². The van der Waals surface area contributed by atoms with Crippen molar-refractivity contribution in [3.63, 3.8) is 0 Å². The smallest absolute Gasteiger partial charge is 0.426 e. The van der Waals surface area contributed by atoms with Gasteiger partial charge in [0.25, 0.3) is 6.10 Å². The molecule has 152 valence electrons. The largest absolute Gasteiger partial charge is 0.434 e. The molecule has 1 saturated carbocycles. The van der Waals surface area contributed by atoms with Gasteiger partial charge in [0.15, 0.2) is 0 Å². The van der Waals surface area contributed by atoms with Crippen molar-refractivity contribution in [1.82, 2.24) is 4.90 Å². The predicted molar refractivity (Wildman–Crippen MR) is 82.5 cm³/mol. The Labute approximate surface area is 149 Å². The summed E-state index contributed by atoms with van der Waals surface area (Å²) in [7, 11) is 0. The van der Waals surface area contributed by atoms with Gasteiger partial charge in [-0.3, -0.25) is 0 Å². The number of nitrogens with zero attached hydrogens (tertiary/aromatic N) is 1. The van der Waals surface area contributed by atoms with E-state index in [2.05, 4.69) is 11.7 Å². The van der Waals surface area contributed by atoms with E-state index >= 15 is 0 Å². The maximum Gasteiger partial charge on any atom is 0.434 e. The van der Waals surface area contributed by atoms with Gasteiger partial charge in [0.2, 0.25) is 0 Å². The zero-order valence-corrected chi connectivity index (χ0v) is 14.8. The average Bonchev–Trinajstić information content (AvgIpc) is 2.51. The fraction of sp³-hybridized carbons (Fsp3) is 0.941. The number of amides is 1.